The van der Waals surface area contributed by atoms with Crippen LogP contribution in [0.5, 0.6) is 0 Å². The second kappa shape index (κ2) is 9.68. The Morgan fingerprint density at radius 1 is 0.917 bits per heavy atom. The Morgan fingerprint density at radius 2 is 1.61 bits per heavy atom. The lowest BCUT2D eigenvalue weighted by atomic mass is 9.95. The van der Waals surface area contributed by atoms with E-state index in [4.69, 9.17) is 16.6 Å². The summed E-state index contributed by atoms with van der Waals surface area (Å²) in [5.74, 6) is 0.366. The van der Waals surface area contributed by atoms with E-state index in [0.29, 0.717) is 43.3 Å². The first-order valence-corrected chi connectivity index (χ1v) is 13.6. The van der Waals surface area contributed by atoms with Crippen molar-refractivity contribution in [2.24, 2.45) is 0 Å². The van der Waals surface area contributed by atoms with Gasteiger partial charge >= 0.3 is 0 Å². The van der Waals surface area contributed by atoms with Crippen molar-refractivity contribution in [1.29, 1.82) is 0 Å². The van der Waals surface area contributed by atoms with Crippen molar-refractivity contribution in [3.8, 4) is 0 Å². The summed E-state index contributed by atoms with van der Waals surface area (Å²) < 4.78 is 0. The predicted octanol–water partition coefficient (Wildman–Crippen LogP) is 6.05. The average Bonchev–Trinajstić information content (AvgIpc) is 3.40. The molecule has 0 saturated carbocycles. The zero-order valence-electron chi connectivity index (χ0n) is 19.8. The molecule has 0 bridgehead atoms. The smallest absolute Gasteiger partial charge is 0.273 e. The highest BCUT2D eigenvalue weighted by atomic mass is 35.5. The largest absolute Gasteiger partial charge is 0.342 e. The maximum Gasteiger partial charge on any atom is 0.273 e. The number of aromatic nitrogens is 1. The number of rotatable bonds is 4. The summed E-state index contributed by atoms with van der Waals surface area (Å²) >= 11 is 7.79. The second-order valence-electron chi connectivity index (χ2n) is 9.59. The minimum absolute atomic E-state index is 0.0173. The van der Waals surface area contributed by atoms with Gasteiger partial charge < -0.3 is 9.80 Å². The zero-order chi connectivity index (χ0) is 24.6. The molecular formula is C29H26ClN3O2S. The Balaban J connectivity index is 1.09. The van der Waals surface area contributed by atoms with E-state index in [0.717, 1.165) is 23.4 Å². The second-order valence-corrected chi connectivity index (χ2v) is 10.9. The summed E-state index contributed by atoms with van der Waals surface area (Å²) in [6, 6.07) is 20.1. The molecule has 3 heterocycles. The Hall–Kier alpha value is -3.22. The van der Waals surface area contributed by atoms with E-state index >= 15 is 0 Å². The lowest BCUT2D eigenvalue weighted by Crippen LogP contribution is -2.38. The van der Waals surface area contributed by atoms with Gasteiger partial charge in [0.25, 0.3) is 5.91 Å². The van der Waals surface area contributed by atoms with Crippen LogP contribution in [0.1, 0.15) is 50.9 Å². The van der Waals surface area contributed by atoms with Crippen molar-refractivity contribution in [3.05, 3.63) is 98.5 Å². The van der Waals surface area contributed by atoms with Crippen LogP contribution in [0.3, 0.4) is 0 Å². The maximum absolute atomic E-state index is 13.4. The number of piperidine rings is 1. The number of carbonyl (C=O) groups excluding carboxylic acids is 2. The number of benzene rings is 3. The molecule has 182 valence electrons. The van der Waals surface area contributed by atoms with Gasteiger partial charge in [0.15, 0.2) is 0 Å². The van der Waals surface area contributed by atoms with Crippen LogP contribution in [0, 0.1) is 0 Å². The number of nitrogens with zero attached hydrogens (tertiary/aromatic N) is 3. The maximum atomic E-state index is 13.4. The molecule has 0 radical (unpaired) electrons. The highest BCUT2D eigenvalue weighted by molar-refractivity contribution is 7.09. The molecular weight excluding hydrogens is 490 g/mol. The van der Waals surface area contributed by atoms with Gasteiger partial charge in [0.2, 0.25) is 5.91 Å². The fourth-order valence-electron chi connectivity index (χ4n) is 5.40. The average molecular weight is 516 g/mol. The molecule has 2 aliphatic heterocycles. The van der Waals surface area contributed by atoms with Gasteiger partial charge in [0.1, 0.15) is 5.69 Å². The Bertz CT molecular complexity index is 1420. The standard InChI is InChI=1S/C29H26ClN3O2S/c30-24-10-2-1-5-21(24)15-26(34)32-13-11-20(12-14-32)28-31-25(18-36-28)29(35)33-16-22-8-3-6-19-7-4-9-23(17-33)27(19)22/h1-10,18,20H,11-17H2. The molecule has 1 aromatic heterocycles. The first-order chi connectivity index (χ1) is 17.6. The molecule has 0 spiro atoms. The van der Waals surface area contributed by atoms with Crippen LogP contribution >= 0.6 is 22.9 Å². The zero-order valence-corrected chi connectivity index (χ0v) is 21.4. The lowest BCUT2D eigenvalue weighted by Gasteiger charge is -2.31. The highest BCUT2D eigenvalue weighted by Gasteiger charge is 2.29. The van der Waals surface area contributed by atoms with Crippen LogP contribution in [0.2, 0.25) is 5.02 Å². The number of amides is 2. The third-order valence-corrected chi connectivity index (χ3v) is 8.70. The quantitative estimate of drug-likeness (QED) is 0.332. The summed E-state index contributed by atoms with van der Waals surface area (Å²) in [4.78, 5) is 34.8. The van der Waals surface area contributed by atoms with Gasteiger partial charge in [-0.05, 0) is 46.4 Å². The molecule has 4 aromatic rings. The third-order valence-electron chi connectivity index (χ3n) is 7.32. The van der Waals surface area contributed by atoms with Gasteiger partial charge in [-0.25, -0.2) is 4.98 Å². The molecule has 2 aliphatic rings. The van der Waals surface area contributed by atoms with Crippen molar-refractivity contribution in [3.63, 3.8) is 0 Å². The van der Waals surface area contributed by atoms with Crippen molar-refractivity contribution in [2.45, 2.75) is 38.3 Å². The first kappa shape index (κ1) is 23.2. The first-order valence-electron chi connectivity index (χ1n) is 12.3. The molecule has 36 heavy (non-hydrogen) atoms. The molecule has 1 fully saturated rings. The van der Waals surface area contributed by atoms with Crippen molar-refractivity contribution < 1.29 is 9.59 Å². The van der Waals surface area contributed by atoms with E-state index in [1.807, 2.05) is 39.4 Å². The molecule has 5 nitrogen and oxygen atoms in total. The van der Waals surface area contributed by atoms with E-state index in [1.165, 1.54) is 21.9 Å². The molecule has 0 N–H and O–H groups in total. The van der Waals surface area contributed by atoms with Crippen LogP contribution < -0.4 is 0 Å². The van der Waals surface area contributed by atoms with Crippen LogP contribution in [-0.4, -0.2) is 39.7 Å². The van der Waals surface area contributed by atoms with E-state index in [2.05, 4.69) is 36.4 Å². The molecule has 1 saturated heterocycles. The van der Waals surface area contributed by atoms with Gasteiger partial charge in [0, 0.05) is 42.5 Å². The van der Waals surface area contributed by atoms with Gasteiger partial charge in [0.05, 0.1) is 11.4 Å². The summed E-state index contributed by atoms with van der Waals surface area (Å²) in [6.45, 7) is 2.60. The Kier molecular flexibility index (Phi) is 6.23. The minimum atomic E-state index is -0.0173. The molecule has 0 aliphatic carbocycles. The number of carbonyl (C=O) groups is 2. The van der Waals surface area contributed by atoms with Crippen molar-refractivity contribution >= 4 is 45.5 Å². The number of likely N-dealkylation sites (tertiary alicyclic amines) is 1. The third kappa shape index (κ3) is 4.40. The number of halogens is 1. The number of hydrogen-bond acceptors (Lipinski definition) is 4. The van der Waals surface area contributed by atoms with E-state index < -0.39 is 0 Å². The SMILES string of the molecule is O=C(Cc1ccccc1Cl)N1CCC(c2nc(C(=O)N3Cc4cccc5cccc(c45)C3)cs2)CC1. The number of thiazole rings is 1. The fraction of sp³-hybridized carbons (Fsp3) is 0.276. The number of hydrogen-bond donors (Lipinski definition) is 0. The van der Waals surface area contributed by atoms with E-state index in [-0.39, 0.29) is 17.7 Å². The van der Waals surface area contributed by atoms with Gasteiger partial charge in [-0.2, -0.15) is 0 Å². The van der Waals surface area contributed by atoms with Crippen LogP contribution in [0.25, 0.3) is 10.8 Å². The summed E-state index contributed by atoms with van der Waals surface area (Å²) in [7, 11) is 0. The minimum Gasteiger partial charge on any atom is -0.342 e. The topological polar surface area (TPSA) is 53.5 Å². The molecule has 2 amide bonds. The van der Waals surface area contributed by atoms with Crippen LogP contribution in [0.15, 0.2) is 66.0 Å². The molecule has 6 rings (SSSR count). The lowest BCUT2D eigenvalue weighted by molar-refractivity contribution is -0.131. The normalized spacial score (nSPS) is 15.9. The van der Waals surface area contributed by atoms with Crippen molar-refractivity contribution in [1.82, 2.24) is 14.8 Å². The monoisotopic (exact) mass is 515 g/mol. The molecule has 3 aromatic carbocycles. The van der Waals surface area contributed by atoms with Crippen LogP contribution in [0.4, 0.5) is 0 Å². The molecule has 7 heteroatoms. The van der Waals surface area contributed by atoms with Crippen molar-refractivity contribution in [2.75, 3.05) is 13.1 Å². The molecule has 0 unspecified atom stereocenters. The van der Waals surface area contributed by atoms with Gasteiger partial charge in [-0.15, -0.1) is 11.3 Å². The Morgan fingerprint density at radius 3 is 2.31 bits per heavy atom. The van der Waals surface area contributed by atoms with Gasteiger partial charge in [-0.1, -0.05) is 66.2 Å². The van der Waals surface area contributed by atoms with E-state index in [9.17, 15) is 9.59 Å². The fourth-order valence-corrected chi connectivity index (χ4v) is 6.57. The molecule has 0 atom stereocenters. The summed E-state index contributed by atoms with van der Waals surface area (Å²) in [5.41, 5.74) is 3.77. The summed E-state index contributed by atoms with van der Waals surface area (Å²) in [5, 5.41) is 6.03. The van der Waals surface area contributed by atoms with E-state index in [1.54, 1.807) is 11.3 Å². The van der Waals surface area contributed by atoms with Crippen LogP contribution in [-0.2, 0) is 24.3 Å². The highest BCUT2D eigenvalue weighted by Crippen LogP contribution is 2.33. The van der Waals surface area contributed by atoms with Gasteiger partial charge in [-0.3, -0.25) is 9.59 Å². The summed E-state index contributed by atoms with van der Waals surface area (Å²) in [6.07, 6.45) is 2.04. The Labute approximate surface area is 219 Å². The predicted molar refractivity (Wildman–Crippen MR) is 143 cm³/mol.